The first kappa shape index (κ1) is 33.7. The lowest BCUT2D eigenvalue weighted by molar-refractivity contribution is -0.140. The Morgan fingerprint density at radius 3 is 1.89 bits per heavy atom. The number of anilines is 1. The summed E-state index contributed by atoms with van der Waals surface area (Å²) in [5.74, 6) is -0.597. The Bertz CT molecular complexity index is 1660. The lowest BCUT2D eigenvalue weighted by atomic mass is 10.0. The SMILES string of the molecule is CC(C)NC(=O)[C@@H](Cc1ccccc1)N(Cc1ccc(Cl)cc1)C(=O)CN(c1ccc(C(C)C)cc1)S(=O)(=O)c1ccccc1. The van der Waals surface area contributed by atoms with Crippen molar-refractivity contribution in [2.75, 3.05) is 10.8 Å². The fourth-order valence-corrected chi connectivity index (χ4v) is 6.56. The zero-order chi connectivity index (χ0) is 32.6. The highest BCUT2D eigenvalue weighted by molar-refractivity contribution is 7.92. The van der Waals surface area contributed by atoms with Gasteiger partial charge in [-0.25, -0.2) is 8.42 Å². The molecule has 2 amide bonds. The van der Waals surface area contributed by atoms with Crippen LogP contribution in [0.3, 0.4) is 0 Å². The Labute approximate surface area is 271 Å². The summed E-state index contributed by atoms with van der Waals surface area (Å²) in [5, 5.41) is 3.51. The molecule has 0 aromatic heterocycles. The van der Waals surface area contributed by atoms with E-state index in [1.54, 1.807) is 54.6 Å². The van der Waals surface area contributed by atoms with Crippen molar-refractivity contribution < 1.29 is 18.0 Å². The third-order valence-corrected chi connectivity index (χ3v) is 9.47. The van der Waals surface area contributed by atoms with E-state index in [1.807, 2.05) is 56.3 Å². The number of rotatable bonds is 13. The van der Waals surface area contributed by atoms with Gasteiger partial charge in [0.25, 0.3) is 10.0 Å². The van der Waals surface area contributed by atoms with Gasteiger partial charge in [-0.1, -0.05) is 98.2 Å². The lowest BCUT2D eigenvalue weighted by Gasteiger charge is -2.34. The molecule has 0 aliphatic carbocycles. The Morgan fingerprint density at radius 1 is 0.756 bits per heavy atom. The van der Waals surface area contributed by atoms with E-state index in [4.69, 9.17) is 11.6 Å². The monoisotopic (exact) mass is 645 g/mol. The summed E-state index contributed by atoms with van der Waals surface area (Å²) < 4.78 is 29.3. The molecule has 0 radical (unpaired) electrons. The van der Waals surface area contributed by atoms with E-state index in [9.17, 15) is 18.0 Å². The summed E-state index contributed by atoms with van der Waals surface area (Å²) in [5.41, 5.74) is 3.02. The van der Waals surface area contributed by atoms with Crippen LogP contribution < -0.4 is 9.62 Å². The van der Waals surface area contributed by atoms with Crippen molar-refractivity contribution in [1.82, 2.24) is 10.2 Å². The number of nitrogens with one attached hydrogen (secondary N) is 1. The van der Waals surface area contributed by atoms with Crippen molar-refractivity contribution in [1.29, 1.82) is 0 Å². The summed E-state index contributed by atoms with van der Waals surface area (Å²) >= 11 is 6.15. The highest BCUT2D eigenvalue weighted by Gasteiger charge is 2.34. The molecule has 1 atom stereocenters. The van der Waals surface area contributed by atoms with Crippen LogP contribution in [0.25, 0.3) is 0 Å². The van der Waals surface area contributed by atoms with Gasteiger partial charge in [0.15, 0.2) is 0 Å². The topological polar surface area (TPSA) is 86.8 Å². The van der Waals surface area contributed by atoms with Gasteiger partial charge in [0.05, 0.1) is 10.6 Å². The molecule has 4 aromatic carbocycles. The molecule has 7 nitrogen and oxygen atoms in total. The molecule has 9 heteroatoms. The molecular formula is C36H40ClN3O4S. The minimum absolute atomic E-state index is 0.0633. The normalized spacial score (nSPS) is 12.2. The zero-order valence-electron chi connectivity index (χ0n) is 26.1. The van der Waals surface area contributed by atoms with Crippen LogP contribution in [0.5, 0.6) is 0 Å². The molecule has 4 aromatic rings. The summed E-state index contributed by atoms with van der Waals surface area (Å²) in [6, 6.07) is 30.7. The maximum atomic E-state index is 14.5. The Balaban J connectivity index is 1.80. The largest absolute Gasteiger partial charge is 0.352 e. The number of nitrogens with zero attached hydrogens (tertiary/aromatic N) is 2. The average Bonchev–Trinajstić information content (AvgIpc) is 3.03. The highest BCUT2D eigenvalue weighted by atomic mass is 35.5. The minimum Gasteiger partial charge on any atom is -0.352 e. The second-order valence-electron chi connectivity index (χ2n) is 11.6. The molecule has 0 saturated heterocycles. The van der Waals surface area contributed by atoms with Gasteiger partial charge in [0.2, 0.25) is 11.8 Å². The van der Waals surface area contributed by atoms with E-state index in [-0.39, 0.29) is 35.7 Å². The Hall–Kier alpha value is -4.14. The first-order valence-corrected chi connectivity index (χ1v) is 16.8. The standard InChI is InChI=1S/C36H40ClN3O4S/c1-26(2)30-17-21-32(22-18-30)40(45(43,44)33-13-9-6-10-14-33)25-35(41)39(24-29-15-19-31(37)20-16-29)34(36(42)38-27(3)4)23-28-11-7-5-8-12-28/h5-22,26-27,34H,23-25H2,1-4H3,(H,38,42)/t34-/m1/s1. The van der Waals surface area contributed by atoms with E-state index < -0.39 is 28.5 Å². The number of amides is 2. The van der Waals surface area contributed by atoms with Gasteiger partial charge in [-0.05, 0) is 72.9 Å². The molecule has 4 rings (SSSR count). The Morgan fingerprint density at radius 2 is 1.33 bits per heavy atom. The molecule has 0 bridgehead atoms. The first-order chi connectivity index (χ1) is 21.5. The molecule has 0 spiro atoms. The first-order valence-electron chi connectivity index (χ1n) is 15.0. The molecule has 0 aliphatic rings. The molecule has 0 saturated carbocycles. The van der Waals surface area contributed by atoms with Crippen LogP contribution >= 0.6 is 11.6 Å². The van der Waals surface area contributed by atoms with Crippen molar-refractivity contribution in [2.24, 2.45) is 0 Å². The van der Waals surface area contributed by atoms with E-state index in [0.29, 0.717) is 10.7 Å². The van der Waals surface area contributed by atoms with Gasteiger partial charge in [-0.2, -0.15) is 0 Å². The van der Waals surface area contributed by atoms with Crippen LogP contribution in [0.15, 0.2) is 114 Å². The summed E-state index contributed by atoms with van der Waals surface area (Å²) in [6.45, 7) is 7.40. The van der Waals surface area contributed by atoms with E-state index in [1.165, 1.54) is 17.0 Å². The van der Waals surface area contributed by atoms with Crippen LogP contribution in [0.2, 0.25) is 5.02 Å². The number of benzene rings is 4. The molecule has 0 unspecified atom stereocenters. The van der Waals surface area contributed by atoms with Crippen LogP contribution in [-0.2, 0) is 32.6 Å². The summed E-state index contributed by atoms with van der Waals surface area (Å²) in [4.78, 5) is 29.8. The van der Waals surface area contributed by atoms with Crippen LogP contribution in [0.4, 0.5) is 5.69 Å². The maximum Gasteiger partial charge on any atom is 0.264 e. The van der Waals surface area contributed by atoms with Crippen molar-refractivity contribution in [3.63, 3.8) is 0 Å². The highest BCUT2D eigenvalue weighted by Crippen LogP contribution is 2.27. The quantitative estimate of drug-likeness (QED) is 0.173. The van der Waals surface area contributed by atoms with Gasteiger partial charge in [0, 0.05) is 24.0 Å². The number of halogens is 1. The second kappa shape index (κ2) is 15.2. The van der Waals surface area contributed by atoms with Crippen molar-refractivity contribution in [3.05, 3.63) is 131 Å². The van der Waals surface area contributed by atoms with E-state index in [0.717, 1.165) is 21.0 Å². The third kappa shape index (κ3) is 8.96. The Kier molecular flexibility index (Phi) is 11.4. The summed E-state index contributed by atoms with van der Waals surface area (Å²) in [7, 11) is -4.15. The van der Waals surface area contributed by atoms with E-state index >= 15 is 0 Å². The third-order valence-electron chi connectivity index (χ3n) is 7.43. The van der Waals surface area contributed by atoms with Gasteiger partial charge in [-0.15, -0.1) is 0 Å². The molecule has 0 fully saturated rings. The minimum atomic E-state index is -4.15. The molecule has 1 N–H and O–H groups in total. The van der Waals surface area contributed by atoms with Gasteiger partial charge >= 0.3 is 0 Å². The molecular weight excluding hydrogens is 606 g/mol. The number of hydrogen-bond donors (Lipinski definition) is 1. The fourth-order valence-electron chi connectivity index (χ4n) is 5.00. The van der Waals surface area contributed by atoms with Crippen molar-refractivity contribution in [3.8, 4) is 0 Å². The van der Waals surface area contributed by atoms with Gasteiger partial charge < -0.3 is 10.2 Å². The van der Waals surface area contributed by atoms with Crippen LogP contribution in [0.1, 0.15) is 50.3 Å². The number of sulfonamides is 1. The van der Waals surface area contributed by atoms with Crippen LogP contribution in [0, 0.1) is 0 Å². The predicted molar refractivity (Wildman–Crippen MR) is 181 cm³/mol. The van der Waals surface area contributed by atoms with Crippen molar-refractivity contribution >= 4 is 39.1 Å². The molecule has 236 valence electrons. The molecule has 45 heavy (non-hydrogen) atoms. The molecule has 0 heterocycles. The number of carbonyl (C=O) groups excluding carboxylic acids is 2. The summed E-state index contributed by atoms with van der Waals surface area (Å²) in [6.07, 6.45) is 0.243. The second-order valence-corrected chi connectivity index (χ2v) is 13.9. The number of carbonyl (C=O) groups is 2. The zero-order valence-corrected chi connectivity index (χ0v) is 27.6. The smallest absolute Gasteiger partial charge is 0.264 e. The number of hydrogen-bond acceptors (Lipinski definition) is 4. The molecule has 0 aliphatic heterocycles. The fraction of sp³-hybridized carbons (Fsp3) is 0.278. The average molecular weight is 646 g/mol. The maximum absolute atomic E-state index is 14.5. The van der Waals surface area contributed by atoms with Crippen molar-refractivity contribution in [2.45, 2.75) is 63.6 Å². The van der Waals surface area contributed by atoms with Gasteiger partial charge in [0.1, 0.15) is 12.6 Å². The predicted octanol–water partition coefficient (Wildman–Crippen LogP) is 6.82. The lowest BCUT2D eigenvalue weighted by Crippen LogP contribution is -2.54. The van der Waals surface area contributed by atoms with Crippen LogP contribution in [-0.4, -0.2) is 43.8 Å². The van der Waals surface area contributed by atoms with E-state index in [2.05, 4.69) is 19.2 Å². The van der Waals surface area contributed by atoms with Gasteiger partial charge in [-0.3, -0.25) is 13.9 Å².